The van der Waals surface area contributed by atoms with Gasteiger partial charge in [-0.2, -0.15) is 0 Å². The van der Waals surface area contributed by atoms with Crippen molar-refractivity contribution in [3.05, 3.63) is 41.5 Å². The second-order valence-electron chi connectivity index (χ2n) is 6.71. The molecule has 1 atom stereocenters. The van der Waals surface area contributed by atoms with Crippen LogP contribution < -0.4 is 5.32 Å². The predicted molar refractivity (Wildman–Crippen MR) is 97.2 cm³/mol. The summed E-state index contributed by atoms with van der Waals surface area (Å²) < 4.78 is 5.61. The Kier molecular flexibility index (Phi) is 5.87. The molecule has 5 nitrogen and oxygen atoms in total. The molecule has 3 rings (SSSR count). The van der Waals surface area contributed by atoms with Gasteiger partial charge in [-0.05, 0) is 56.4 Å². The van der Waals surface area contributed by atoms with E-state index in [4.69, 9.17) is 4.74 Å². The van der Waals surface area contributed by atoms with Crippen LogP contribution in [0, 0.1) is 0 Å². The van der Waals surface area contributed by atoms with E-state index < -0.39 is 0 Å². The molecule has 0 bridgehead atoms. The molecule has 1 unspecified atom stereocenters. The molecule has 5 heteroatoms. The van der Waals surface area contributed by atoms with Crippen LogP contribution in [-0.2, 0) is 9.53 Å². The molecule has 2 fully saturated rings. The van der Waals surface area contributed by atoms with Crippen LogP contribution in [0.3, 0.4) is 0 Å². The molecule has 2 aliphatic rings. The summed E-state index contributed by atoms with van der Waals surface area (Å²) in [5, 5.41) is 2.97. The summed E-state index contributed by atoms with van der Waals surface area (Å²) in [5.41, 5.74) is 1.56. The lowest BCUT2D eigenvalue weighted by Gasteiger charge is -2.22. The smallest absolute Gasteiger partial charge is 0.251 e. The molecule has 1 aliphatic heterocycles. The summed E-state index contributed by atoms with van der Waals surface area (Å²) in [6.45, 7) is 4.10. The molecular formula is C20H26N2O3. The molecular weight excluding hydrogens is 316 g/mol. The number of benzene rings is 1. The number of hydrogen-bond acceptors (Lipinski definition) is 3. The summed E-state index contributed by atoms with van der Waals surface area (Å²) >= 11 is 0. The van der Waals surface area contributed by atoms with Crippen LogP contribution in [-0.4, -0.2) is 48.6 Å². The Bertz CT molecular complexity index is 629. The zero-order chi connectivity index (χ0) is 17.6. The van der Waals surface area contributed by atoms with Crippen molar-refractivity contribution >= 4 is 17.9 Å². The van der Waals surface area contributed by atoms with Crippen molar-refractivity contribution in [2.75, 3.05) is 19.7 Å². The highest BCUT2D eigenvalue weighted by atomic mass is 16.5. The third kappa shape index (κ3) is 5.16. The van der Waals surface area contributed by atoms with Crippen molar-refractivity contribution in [3.63, 3.8) is 0 Å². The van der Waals surface area contributed by atoms with Crippen molar-refractivity contribution in [2.24, 2.45) is 0 Å². The molecule has 0 radical (unpaired) electrons. The summed E-state index contributed by atoms with van der Waals surface area (Å²) in [5.74, 6) is -0.0311. The standard InChI is InChI=1S/C20H26N2O3/c1-2-22(14-18-4-3-13-25-18)19(23)12-7-15-5-8-16(9-6-15)20(24)21-17-10-11-17/h5-9,12,17-18H,2-4,10-11,13-14H2,1H3,(H,21,24). The minimum atomic E-state index is -0.0252. The molecule has 2 amide bonds. The molecule has 134 valence electrons. The average molecular weight is 342 g/mol. The molecule has 25 heavy (non-hydrogen) atoms. The van der Waals surface area contributed by atoms with Crippen LogP contribution in [0.1, 0.15) is 48.5 Å². The quantitative estimate of drug-likeness (QED) is 0.775. The first kappa shape index (κ1) is 17.7. The minimum absolute atomic E-state index is 0.00597. The van der Waals surface area contributed by atoms with Crippen molar-refractivity contribution in [1.29, 1.82) is 0 Å². The highest BCUT2D eigenvalue weighted by molar-refractivity contribution is 5.95. The van der Waals surface area contributed by atoms with E-state index in [1.807, 2.05) is 24.0 Å². The first-order valence-electron chi connectivity index (χ1n) is 9.15. The number of carbonyl (C=O) groups is 2. The fourth-order valence-corrected chi connectivity index (χ4v) is 2.92. The van der Waals surface area contributed by atoms with Gasteiger partial charge in [0.25, 0.3) is 5.91 Å². The topological polar surface area (TPSA) is 58.6 Å². The number of carbonyl (C=O) groups excluding carboxylic acids is 2. The van der Waals surface area contributed by atoms with Gasteiger partial charge in [0, 0.05) is 37.4 Å². The third-order valence-electron chi connectivity index (χ3n) is 4.65. The molecule has 1 aliphatic carbocycles. The zero-order valence-electron chi connectivity index (χ0n) is 14.7. The lowest BCUT2D eigenvalue weighted by atomic mass is 10.1. The fraction of sp³-hybridized carbons (Fsp3) is 0.500. The van der Waals surface area contributed by atoms with Crippen LogP contribution in [0.4, 0.5) is 0 Å². The van der Waals surface area contributed by atoms with E-state index >= 15 is 0 Å². The normalized spacial score (nSPS) is 20.0. The van der Waals surface area contributed by atoms with Gasteiger partial charge >= 0.3 is 0 Å². The van der Waals surface area contributed by atoms with E-state index in [0.29, 0.717) is 24.7 Å². The highest BCUT2D eigenvalue weighted by Crippen LogP contribution is 2.19. The average Bonchev–Trinajstić information content (AvgIpc) is 3.29. The SMILES string of the molecule is CCN(CC1CCCO1)C(=O)C=Cc1ccc(C(=O)NC2CC2)cc1. The van der Waals surface area contributed by atoms with E-state index in [9.17, 15) is 9.59 Å². The van der Waals surface area contributed by atoms with Crippen molar-refractivity contribution in [1.82, 2.24) is 10.2 Å². The summed E-state index contributed by atoms with van der Waals surface area (Å²) in [4.78, 5) is 26.1. The number of rotatable bonds is 7. The summed E-state index contributed by atoms with van der Waals surface area (Å²) in [7, 11) is 0. The van der Waals surface area contributed by atoms with Gasteiger partial charge in [0.05, 0.1) is 6.10 Å². The molecule has 1 saturated carbocycles. The lowest BCUT2D eigenvalue weighted by molar-refractivity contribution is -0.127. The van der Waals surface area contributed by atoms with Crippen LogP contribution >= 0.6 is 0 Å². The van der Waals surface area contributed by atoms with E-state index in [0.717, 1.165) is 37.9 Å². The first-order chi connectivity index (χ1) is 12.2. The van der Waals surface area contributed by atoms with Gasteiger partial charge in [0.15, 0.2) is 0 Å². The molecule has 0 aromatic heterocycles. The Morgan fingerprint density at radius 1 is 1.24 bits per heavy atom. The Hall–Kier alpha value is -2.14. The fourth-order valence-electron chi connectivity index (χ4n) is 2.92. The number of likely N-dealkylation sites (N-methyl/N-ethyl adjacent to an activating group) is 1. The second-order valence-corrected chi connectivity index (χ2v) is 6.71. The number of amides is 2. The zero-order valence-corrected chi connectivity index (χ0v) is 14.7. The molecule has 1 heterocycles. The van der Waals surface area contributed by atoms with Gasteiger partial charge < -0.3 is 15.0 Å². The Morgan fingerprint density at radius 3 is 2.60 bits per heavy atom. The third-order valence-corrected chi connectivity index (χ3v) is 4.65. The van der Waals surface area contributed by atoms with Crippen LogP contribution in [0.25, 0.3) is 6.08 Å². The van der Waals surface area contributed by atoms with Gasteiger partial charge in [-0.3, -0.25) is 9.59 Å². The number of hydrogen-bond donors (Lipinski definition) is 1. The van der Waals surface area contributed by atoms with Crippen molar-refractivity contribution < 1.29 is 14.3 Å². The first-order valence-corrected chi connectivity index (χ1v) is 9.15. The Balaban J connectivity index is 1.54. The van der Waals surface area contributed by atoms with Crippen molar-refractivity contribution in [3.8, 4) is 0 Å². The van der Waals surface area contributed by atoms with Gasteiger partial charge in [-0.25, -0.2) is 0 Å². The number of ether oxygens (including phenoxy) is 1. The number of nitrogens with zero attached hydrogens (tertiary/aromatic N) is 1. The van der Waals surface area contributed by atoms with Gasteiger partial charge in [-0.15, -0.1) is 0 Å². The van der Waals surface area contributed by atoms with E-state index in [-0.39, 0.29) is 17.9 Å². The predicted octanol–water partition coefficient (Wildman–Crippen LogP) is 2.62. The Morgan fingerprint density at radius 2 is 2.00 bits per heavy atom. The van der Waals surface area contributed by atoms with Gasteiger partial charge in [0.2, 0.25) is 5.91 Å². The highest BCUT2D eigenvalue weighted by Gasteiger charge is 2.23. The van der Waals surface area contributed by atoms with Gasteiger partial charge in [0.1, 0.15) is 0 Å². The summed E-state index contributed by atoms with van der Waals surface area (Å²) in [6.07, 6.45) is 7.82. The maximum Gasteiger partial charge on any atom is 0.251 e. The molecule has 1 saturated heterocycles. The van der Waals surface area contributed by atoms with Crippen LogP contribution in [0.2, 0.25) is 0 Å². The molecule has 0 spiro atoms. The molecule has 1 aromatic rings. The van der Waals surface area contributed by atoms with Crippen LogP contribution in [0.15, 0.2) is 30.3 Å². The number of nitrogens with one attached hydrogen (secondary N) is 1. The maximum absolute atomic E-state index is 12.4. The monoisotopic (exact) mass is 342 g/mol. The maximum atomic E-state index is 12.4. The van der Waals surface area contributed by atoms with Crippen LogP contribution in [0.5, 0.6) is 0 Å². The largest absolute Gasteiger partial charge is 0.376 e. The Labute approximate surface area is 149 Å². The van der Waals surface area contributed by atoms with E-state index in [1.165, 1.54) is 0 Å². The molecule has 1 N–H and O–H groups in total. The van der Waals surface area contributed by atoms with Gasteiger partial charge in [-0.1, -0.05) is 12.1 Å². The van der Waals surface area contributed by atoms with E-state index in [1.54, 1.807) is 24.3 Å². The second kappa shape index (κ2) is 8.30. The molecule has 1 aromatic carbocycles. The van der Waals surface area contributed by atoms with E-state index in [2.05, 4.69) is 5.32 Å². The summed E-state index contributed by atoms with van der Waals surface area (Å²) in [6, 6.07) is 7.68. The lowest BCUT2D eigenvalue weighted by Crippen LogP contribution is -2.36. The minimum Gasteiger partial charge on any atom is -0.376 e. The van der Waals surface area contributed by atoms with Crippen molar-refractivity contribution in [2.45, 2.75) is 44.8 Å².